The molecule has 234 valence electrons. The Bertz CT molecular complexity index is 2060. The van der Waals surface area contributed by atoms with Crippen molar-refractivity contribution >= 4 is 22.1 Å². The molecule has 0 unspecified atom stereocenters. The zero-order chi connectivity index (χ0) is 32.1. The molecule has 0 aromatic heterocycles. The van der Waals surface area contributed by atoms with E-state index in [0.29, 0.717) is 17.9 Å². The van der Waals surface area contributed by atoms with Gasteiger partial charge in [-0.1, -0.05) is 137 Å². The smallest absolute Gasteiger partial charge is 0.0499 e. The molecule has 0 spiro atoms. The van der Waals surface area contributed by atoms with E-state index in [1.54, 1.807) is 0 Å². The standard InChI is InChI=1S/C46H45N/c1-31(2)38-18-10-11-19-39(38)42-28-34-16-8-9-17-35(34)29-45(42)47(36-24-22-33(23-25-36)32-14-6-5-7-15-32)37-26-27-41-40-20-12-13-21-43(40)46(3,4)44(41)30-37/h5-21,26-31,33,36H,22-25H2,1-4H3. The van der Waals surface area contributed by atoms with Gasteiger partial charge in [-0.25, -0.2) is 0 Å². The minimum Gasteiger partial charge on any atom is -0.338 e. The van der Waals surface area contributed by atoms with Crippen molar-refractivity contribution in [2.24, 2.45) is 0 Å². The van der Waals surface area contributed by atoms with Gasteiger partial charge in [-0.3, -0.25) is 0 Å². The molecule has 6 aromatic carbocycles. The molecule has 1 nitrogen and oxygen atoms in total. The largest absolute Gasteiger partial charge is 0.338 e. The topological polar surface area (TPSA) is 3.24 Å². The molecule has 0 radical (unpaired) electrons. The number of rotatable bonds is 6. The van der Waals surface area contributed by atoms with Crippen LogP contribution >= 0.6 is 0 Å². The van der Waals surface area contributed by atoms with E-state index >= 15 is 0 Å². The molecule has 1 saturated carbocycles. The van der Waals surface area contributed by atoms with Crippen LogP contribution in [-0.4, -0.2) is 6.04 Å². The van der Waals surface area contributed by atoms with Gasteiger partial charge in [0.1, 0.15) is 0 Å². The maximum atomic E-state index is 2.75. The SMILES string of the molecule is CC(C)c1ccccc1-c1cc2ccccc2cc1N(c1ccc2c(c1)C(C)(C)c1ccccc1-2)C1CCC(c2ccccc2)CC1. The van der Waals surface area contributed by atoms with Crippen LogP contribution in [0.3, 0.4) is 0 Å². The van der Waals surface area contributed by atoms with Crippen molar-refractivity contribution < 1.29 is 0 Å². The van der Waals surface area contributed by atoms with Crippen molar-refractivity contribution in [1.82, 2.24) is 0 Å². The second-order valence-electron chi connectivity index (χ2n) is 14.6. The molecular weight excluding hydrogens is 567 g/mol. The summed E-state index contributed by atoms with van der Waals surface area (Å²) >= 11 is 0. The Labute approximate surface area is 280 Å². The van der Waals surface area contributed by atoms with Crippen molar-refractivity contribution in [3.8, 4) is 22.3 Å². The highest BCUT2D eigenvalue weighted by atomic mass is 15.2. The normalized spacial score (nSPS) is 18.2. The Morgan fingerprint density at radius 2 is 1.17 bits per heavy atom. The summed E-state index contributed by atoms with van der Waals surface area (Å²) in [5.74, 6) is 1.06. The summed E-state index contributed by atoms with van der Waals surface area (Å²) in [7, 11) is 0. The molecule has 0 amide bonds. The monoisotopic (exact) mass is 611 g/mol. The van der Waals surface area contributed by atoms with E-state index in [9.17, 15) is 0 Å². The number of nitrogens with zero attached hydrogens (tertiary/aromatic N) is 1. The summed E-state index contributed by atoms with van der Waals surface area (Å²) < 4.78 is 0. The molecule has 47 heavy (non-hydrogen) atoms. The van der Waals surface area contributed by atoms with Crippen molar-refractivity contribution in [2.45, 2.75) is 76.7 Å². The molecule has 0 atom stereocenters. The molecule has 2 aliphatic rings. The van der Waals surface area contributed by atoms with E-state index in [1.807, 2.05) is 0 Å². The third-order valence-electron chi connectivity index (χ3n) is 11.2. The number of benzene rings is 6. The van der Waals surface area contributed by atoms with Gasteiger partial charge in [-0.05, 0) is 112 Å². The number of anilines is 2. The quantitative estimate of drug-likeness (QED) is 0.181. The summed E-state index contributed by atoms with van der Waals surface area (Å²) in [4.78, 5) is 2.75. The maximum absolute atomic E-state index is 2.75. The van der Waals surface area contributed by atoms with Crippen molar-refractivity contribution in [2.75, 3.05) is 4.90 Å². The second-order valence-corrected chi connectivity index (χ2v) is 14.6. The van der Waals surface area contributed by atoms with Crippen LogP contribution in [0.4, 0.5) is 11.4 Å². The lowest BCUT2D eigenvalue weighted by atomic mass is 9.80. The first-order valence-corrected chi connectivity index (χ1v) is 17.6. The molecular formula is C46H45N. The minimum atomic E-state index is -0.0466. The molecule has 8 rings (SSSR count). The van der Waals surface area contributed by atoms with Gasteiger partial charge in [0.15, 0.2) is 0 Å². The van der Waals surface area contributed by atoms with Gasteiger partial charge in [0, 0.05) is 28.4 Å². The molecule has 0 aliphatic heterocycles. The van der Waals surface area contributed by atoms with Gasteiger partial charge < -0.3 is 4.90 Å². The van der Waals surface area contributed by atoms with Gasteiger partial charge in [0.05, 0.1) is 0 Å². The summed E-state index contributed by atoms with van der Waals surface area (Å²) in [6.45, 7) is 9.44. The van der Waals surface area contributed by atoms with E-state index in [-0.39, 0.29) is 5.41 Å². The lowest BCUT2D eigenvalue weighted by molar-refractivity contribution is 0.392. The van der Waals surface area contributed by atoms with Crippen molar-refractivity contribution in [3.05, 3.63) is 156 Å². The minimum absolute atomic E-state index is 0.0466. The molecule has 2 aliphatic carbocycles. The van der Waals surface area contributed by atoms with E-state index in [2.05, 4.69) is 166 Å². The van der Waals surface area contributed by atoms with Crippen LogP contribution in [0.15, 0.2) is 133 Å². The summed E-state index contributed by atoms with van der Waals surface area (Å²) in [5.41, 5.74) is 13.8. The zero-order valence-electron chi connectivity index (χ0n) is 28.2. The second kappa shape index (κ2) is 11.9. The predicted molar refractivity (Wildman–Crippen MR) is 201 cm³/mol. The highest BCUT2D eigenvalue weighted by Gasteiger charge is 2.37. The van der Waals surface area contributed by atoms with Gasteiger partial charge in [0.2, 0.25) is 0 Å². The van der Waals surface area contributed by atoms with Gasteiger partial charge in [-0.2, -0.15) is 0 Å². The van der Waals surface area contributed by atoms with Crippen LogP contribution in [0.5, 0.6) is 0 Å². The molecule has 0 N–H and O–H groups in total. The average Bonchev–Trinajstić information content (AvgIpc) is 3.34. The molecule has 6 aromatic rings. The van der Waals surface area contributed by atoms with Crippen LogP contribution in [0.1, 0.15) is 87.5 Å². The van der Waals surface area contributed by atoms with E-state index in [0.717, 1.165) is 0 Å². The lowest BCUT2D eigenvalue weighted by Gasteiger charge is -2.40. The molecule has 0 heterocycles. The Morgan fingerprint density at radius 1 is 0.553 bits per heavy atom. The third kappa shape index (κ3) is 5.17. The van der Waals surface area contributed by atoms with Gasteiger partial charge >= 0.3 is 0 Å². The van der Waals surface area contributed by atoms with Crippen molar-refractivity contribution in [3.63, 3.8) is 0 Å². The first-order valence-electron chi connectivity index (χ1n) is 17.6. The summed E-state index contributed by atoms with van der Waals surface area (Å²) in [5, 5.41) is 2.59. The van der Waals surface area contributed by atoms with E-state index < -0.39 is 0 Å². The molecule has 1 heteroatoms. The maximum Gasteiger partial charge on any atom is 0.0499 e. The van der Waals surface area contributed by atoms with Gasteiger partial charge in [-0.15, -0.1) is 0 Å². The van der Waals surface area contributed by atoms with Crippen LogP contribution in [-0.2, 0) is 5.41 Å². The Hall–Kier alpha value is -4.62. The Kier molecular flexibility index (Phi) is 7.52. The highest BCUT2D eigenvalue weighted by Crippen LogP contribution is 2.52. The first kappa shape index (κ1) is 29.8. The summed E-state index contributed by atoms with van der Waals surface area (Å²) in [6.07, 6.45) is 4.74. The average molecular weight is 612 g/mol. The van der Waals surface area contributed by atoms with E-state index in [4.69, 9.17) is 0 Å². The van der Waals surface area contributed by atoms with Crippen LogP contribution < -0.4 is 4.90 Å². The lowest BCUT2D eigenvalue weighted by Crippen LogP contribution is -2.35. The van der Waals surface area contributed by atoms with E-state index in [1.165, 1.54) is 92.3 Å². The predicted octanol–water partition coefficient (Wildman–Crippen LogP) is 12.8. The Balaban J connectivity index is 1.32. The molecule has 0 saturated heterocycles. The fraction of sp³-hybridized carbons (Fsp3) is 0.261. The van der Waals surface area contributed by atoms with Gasteiger partial charge in [0.25, 0.3) is 0 Å². The highest BCUT2D eigenvalue weighted by molar-refractivity contribution is 5.97. The summed E-state index contributed by atoms with van der Waals surface area (Å²) in [6, 6.07) is 50.9. The molecule has 0 bridgehead atoms. The molecule has 1 fully saturated rings. The fourth-order valence-electron chi connectivity index (χ4n) is 8.67. The fourth-order valence-corrected chi connectivity index (χ4v) is 8.67. The van der Waals surface area contributed by atoms with Crippen LogP contribution in [0, 0.1) is 0 Å². The Morgan fingerprint density at radius 3 is 1.91 bits per heavy atom. The number of hydrogen-bond acceptors (Lipinski definition) is 1. The number of hydrogen-bond donors (Lipinski definition) is 0. The van der Waals surface area contributed by atoms with Crippen molar-refractivity contribution in [1.29, 1.82) is 0 Å². The van der Waals surface area contributed by atoms with Crippen LogP contribution in [0.2, 0.25) is 0 Å². The zero-order valence-corrected chi connectivity index (χ0v) is 28.2. The number of fused-ring (bicyclic) bond motifs is 4. The third-order valence-corrected chi connectivity index (χ3v) is 11.2. The first-order chi connectivity index (χ1) is 22.9. The van der Waals surface area contributed by atoms with Crippen LogP contribution in [0.25, 0.3) is 33.0 Å².